The second kappa shape index (κ2) is 5.93. The molecule has 2 rings (SSSR count). The highest BCUT2D eigenvalue weighted by atomic mass is 35.5. The predicted octanol–water partition coefficient (Wildman–Crippen LogP) is 1.76. The summed E-state index contributed by atoms with van der Waals surface area (Å²) in [5, 5.41) is 0.216. The van der Waals surface area contributed by atoms with Crippen molar-refractivity contribution in [2.45, 2.75) is 23.8 Å². The van der Waals surface area contributed by atoms with E-state index in [9.17, 15) is 8.42 Å². The Morgan fingerprint density at radius 3 is 2.74 bits per heavy atom. The van der Waals surface area contributed by atoms with E-state index in [0.717, 1.165) is 0 Å². The lowest BCUT2D eigenvalue weighted by atomic mass is 10.5. The zero-order valence-electron chi connectivity index (χ0n) is 10.4. The molecule has 8 heteroatoms. The molecule has 1 N–H and O–H groups in total. The standard InChI is InChI=1S/C11H15Cl2N3O2S/c1-16(8-2-3-8)5-4-15-19(17,18)9-6-10(12)11(13)14-7-9/h6-8,15H,2-5H2,1H3. The number of sulfonamides is 1. The fraction of sp³-hybridized carbons (Fsp3) is 0.545. The van der Waals surface area contributed by atoms with E-state index in [1.54, 1.807) is 0 Å². The number of aromatic nitrogens is 1. The van der Waals surface area contributed by atoms with E-state index < -0.39 is 10.0 Å². The Labute approximate surface area is 123 Å². The number of rotatable bonds is 6. The van der Waals surface area contributed by atoms with Gasteiger partial charge < -0.3 is 4.90 Å². The second-order valence-electron chi connectivity index (χ2n) is 4.55. The molecule has 0 bridgehead atoms. The Hall–Kier alpha value is -0.400. The van der Waals surface area contributed by atoms with Crippen LogP contribution in [-0.2, 0) is 10.0 Å². The summed E-state index contributed by atoms with van der Waals surface area (Å²) in [6, 6.07) is 1.90. The summed E-state index contributed by atoms with van der Waals surface area (Å²) in [4.78, 5) is 5.90. The van der Waals surface area contributed by atoms with E-state index in [4.69, 9.17) is 23.2 Å². The van der Waals surface area contributed by atoms with E-state index in [1.807, 2.05) is 7.05 Å². The Balaban J connectivity index is 1.95. The maximum Gasteiger partial charge on any atom is 0.242 e. The molecule has 1 saturated carbocycles. The van der Waals surface area contributed by atoms with Gasteiger partial charge >= 0.3 is 0 Å². The number of pyridine rings is 1. The van der Waals surface area contributed by atoms with E-state index in [2.05, 4.69) is 14.6 Å². The van der Waals surface area contributed by atoms with E-state index >= 15 is 0 Å². The number of hydrogen-bond acceptors (Lipinski definition) is 4. The lowest BCUT2D eigenvalue weighted by Gasteiger charge is -2.15. The third-order valence-corrected chi connectivity index (χ3v) is 5.12. The Morgan fingerprint density at radius 2 is 2.16 bits per heavy atom. The molecule has 106 valence electrons. The summed E-state index contributed by atoms with van der Waals surface area (Å²) in [7, 11) is -1.59. The third-order valence-electron chi connectivity index (χ3n) is 3.01. The summed E-state index contributed by atoms with van der Waals surface area (Å²) >= 11 is 11.4. The van der Waals surface area contributed by atoms with Gasteiger partial charge in [0.1, 0.15) is 10.0 Å². The minimum atomic E-state index is -3.58. The molecule has 1 aliphatic carbocycles. The average molecular weight is 324 g/mol. The van der Waals surface area contributed by atoms with Crippen molar-refractivity contribution in [1.82, 2.24) is 14.6 Å². The van der Waals surface area contributed by atoms with Gasteiger partial charge in [-0.25, -0.2) is 18.1 Å². The molecule has 0 aromatic carbocycles. The van der Waals surface area contributed by atoms with Crippen molar-refractivity contribution in [2.24, 2.45) is 0 Å². The summed E-state index contributed by atoms with van der Waals surface area (Å²) < 4.78 is 26.5. The van der Waals surface area contributed by atoms with Crippen LogP contribution in [0.25, 0.3) is 0 Å². The van der Waals surface area contributed by atoms with E-state index in [-0.39, 0.29) is 15.1 Å². The fourth-order valence-corrected chi connectivity index (χ4v) is 3.01. The second-order valence-corrected chi connectivity index (χ2v) is 7.09. The van der Waals surface area contributed by atoms with Crippen LogP contribution in [0.4, 0.5) is 0 Å². The normalized spacial score (nSPS) is 16.0. The molecule has 19 heavy (non-hydrogen) atoms. The van der Waals surface area contributed by atoms with Crippen LogP contribution in [0.2, 0.25) is 10.2 Å². The molecule has 1 fully saturated rings. The molecule has 0 radical (unpaired) electrons. The van der Waals surface area contributed by atoms with Crippen molar-refractivity contribution < 1.29 is 8.42 Å². The number of hydrogen-bond donors (Lipinski definition) is 1. The van der Waals surface area contributed by atoms with Gasteiger partial charge in [0, 0.05) is 25.3 Å². The average Bonchev–Trinajstić information content (AvgIpc) is 3.16. The highest BCUT2D eigenvalue weighted by molar-refractivity contribution is 7.89. The monoisotopic (exact) mass is 323 g/mol. The SMILES string of the molecule is CN(CCNS(=O)(=O)c1cnc(Cl)c(Cl)c1)C1CC1. The molecular formula is C11H15Cl2N3O2S. The maximum absolute atomic E-state index is 12.0. The van der Waals surface area contributed by atoms with Crippen LogP contribution in [-0.4, -0.2) is 44.5 Å². The van der Waals surface area contributed by atoms with Crippen molar-refractivity contribution in [1.29, 1.82) is 0 Å². The first-order valence-electron chi connectivity index (χ1n) is 5.91. The minimum Gasteiger partial charge on any atom is -0.302 e. The number of nitrogens with one attached hydrogen (secondary N) is 1. The van der Waals surface area contributed by atoms with Crippen molar-refractivity contribution in [2.75, 3.05) is 20.1 Å². The molecule has 1 aromatic heterocycles. The minimum absolute atomic E-state index is 0.0241. The van der Waals surface area contributed by atoms with E-state index in [0.29, 0.717) is 19.1 Å². The van der Waals surface area contributed by atoms with Crippen LogP contribution in [0, 0.1) is 0 Å². The van der Waals surface area contributed by atoms with Crippen LogP contribution in [0.1, 0.15) is 12.8 Å². The van der Waals surface area contributed by atoms with Gasteiger partial charge in [0.2, 0.25) is 10.0 Å². The summed E-state index contributed by atoms with van der Waals surface area (Å²) in [5.41, 5.74) is 0. The largest absolute Gasteiger partial charge is 0.302 e. The summed E-state index contributed by atoms with van der Waals surface area (Å²) in [6.07, 6.45) is 3.58. The summed E-state index contributed by atoms with van der Waals surface area (Å²) in [5.74, 6) is 0. The molecule has 1 aliphatic rings. The Morgan fingerprint density at radius 1 is 1.47 bits per heavy atom. The smallest absolute Gasteiger partial charge is 0.242 e. The van der Waals surface area contributed by atoms with Gasteiger partial charge in [0.25, 0.3) is 0 Å². The van der Waals surface area contributed by atoms with E-state index in [1.165, 1.54) is 25.1 Å². The zero-order valence-corrected chi connectivity index (χ0v) is 12.8. The predicted molar refractivity (Wildman–Crippen MR) is 75.1 cm³/mol. The quantitative estimate of drug-likeness (QED) is 0.810. The first-order valence-corrected chi connectivity index (χ1v) is 8.15. The van der Waals surface area contributed by atoms with Gasteiger partial charge in [-0.2, -0.15) is 0 Å². The van der Waals surface area contributed by atoms with Gasteiger partial charge in [0.05, 0.1) is 5.02 Å². The summed E-state index contributed by atoms with van der Waals surface area (Å²) in [6.45, 7) is 1.04. The molecule has 0 unspecified atom stereocenters. The number of halogens is 2. The molecule has 1 aromatic rings. The molecule has 0 atom stereocenters. The van der Waals surface area contributed by atoms with Crippen LogP contribution < -0.4 is 4.72 Å². The molecule has 0 saturated heterocycles. The lowest BCUT2D eigenvalue weighted by molar-refractivity contribution is 0.329. The van der Waals surface area contributed by atoms with Crippen LogP contribution in [0.3, 0.4) is 0 Å². The highest BCUT2D eigenvalue weighted by Gasteiger charge is 2.26. The van der Waals surface area contributed by atoms with Crippen molar-refractivity contribution in [3.63, 3.8) is 0 Å². The topological polar surface area (TPSA) is 62.3 Å². The zero-order chi connectivity index (χ0) is 14.0. The lowest BCUT2D eigenvalue weighted by Crippen LogP contribution is -2.34. The first-order chi connectivity index (χ1) is 8.90. The molecule has 0 amide bonds. The highest BCUT2D eigenvalue weighted by Crippen LogP contribution is 2.25. The maximum atomic E-state index is 12.0. The molecule has 0 aliphatic heterocycles. The van der Waals surface area contributed by atoms with Gasteiger partial charge in [-0.1, -0.05) is 23.2 Å². The molecular weight excluding hydrogens is 309 g/mol. The molecule has 1 heterocycles. The number of likely N-dealkylation sites (N-methyl/N-ethyl adjacent to an activating group) is 1. The van der Waals surface area contributed by atoms with Gasteiger partial charge in [-0.15, -0.1) is 0 Å². The van der Waals surface area contributed by atoms with Gasteiger partial charge in [-0.05, 0) is 26.0 Å². The Kier molecular flexibility index (Phi) is 4.68. The fourth-order valence-electron chi connectivity index (χ4n) is 1.69. The molecule has 5 nitrogen and oxygen atoms in total. The van der Waals surface area contributed by atoms with Crippen molar-refractivity contribution in [3.05, 3.63) is 22.4 Å². The van der Waals surface area contributed by atoms with Crippen molar-refractivity contribution >= 4 is 33.2 Å². The molecule has 0 spiro atoms. The van der Waals surface area contributed by atoms with Crippen LogP contribution in [0.5, 0.6) is 0 Å². The third kappa shape index (κ3) is 4.03. The first kappa shape index (κ1) is 15.0. The van der Waals surface area contributed by atoms with Crippen LogP contribution in [0.15, 0.2) is 17.2 Å². The number of nitrogens with zero attached hydrogens (tertiary/aromatic N) is 2. The van der Waals surface area contributed by atoms with Crippen LogP contribution >= 0.6 is 23.2 Å². The Bertz CT molecular complexity index is 561. The van der Waals surface area contributed by atoms with Gasteiger partial charge in [-0.3, -0.25) is 0 Å². The van der Waals surface area contributed by atoms with Crippen molar-refractivity contribution in [3.8, 4) is 0 Å². The van der Waals surface area contributed by atoms with Gasteiger partial charge in [0.15, 0.2) is 0 Å².